The Bertz CT molecular complexity index is 492. The van der Waals surface area contributed by atoms with E-state index in [0.29, 0.717) is 6.54 Å². The average Bonchev–Trinajstić information content (AvgIpc) is 2.95. The van der Waals surface area contributed by atoms with Gasteiger partial charge in [-0.3, -0.25) is 4.79 Å². The highest BCUT2D eigenvalue weighted by Crippen LogP contribution is 2.15. The largest absolute Gasteiger partial charge is 0.477 e. The SMILES string of the molecule is CC1CCN(CCCNC(=O)c2nc[nH]c2C(=O)O)CC1. The van der Waals surface area contributed by atoms with Gasteiger partial charge in [0.15, 0.2) is 11.4 Å². The van der Waals surface area contributed by atoms with E-state index >= 15 is 0 Å². The molecule has 0 atom stereocenters. The van der Waals surface area contributed by atoms with Crippen molar-refractivity contribution in [1.29, 1.82) is 0 Å². The van der Waals surface area contributed by atoms with Crippen molar-refractivity contribution in [3.8, 4) is 0 Å². The molecule has 0 saturated carbocycles. The highest BCUT2D eigenvalue weighted by Gasteiger charge is 2.19. The van der Waals surface area contributed by atoms with Gasteiger partial charge in [-0.2, -0.15) is 0 Å². The molecule has 1 saturated heterocycles. The van der Waals surface area contributed by atoms with Crippen LogP contribution in [0.4, 0.5) is 0 Å². The van der Waals surface area contributed by atoms with E-state index in [4.69, 9.17) is 5.11 Å². The summed E-state index contributed by atoms with van der Waals surface area (Å²) in [5.74, 6) is -0.809. The summed E-state index contributed by atoms with van der Waals surface area (Å²) in [6, 6.07) is 0. The van der Waals surface area contributed by atoms with Crippen LogP contribution >= 0.6 is 0 Å². The number of carboxylic acids is 1. The van der Waals surface area contributed by atoms with E-state index in [2.05, 4.69) is 27.1 Å². The second-order valence-electron chi connectivity index (χ2n) is 5.56. The number of carbonyl (C=O) groups excluding carboxylic acids is 1. The fourth-order valence-electron chi connectivity index (χ4n) is 2.50. The molecule has 2 heterocycles. The van der Waals surface area contributed by atoms with E-state index in [0.717, 1.165) is 32.0 Å². The van der Waals surface area contributed by atoms with E-state index < -0.39 is 11.9 Å². The first-order valence-corrected chi connectivity index (χ1v) is 7.35. The Morgan fingerprint density at radius 3 is 2.86 bits per heavy atom. The Kier molecular flexibility index (Phi) is 5.32. The normalized spacial score (nSPS) is 16.8. The molecule has 0 aromatic carbocycles. The minimum Gasteiger partial charge on any atom is -0.477 e. The number of nitrogens with one attached hydrogen (secondary N) is 2. The molecule has 1 aliphatic heterocycles. The van der Waals surface area contributed by atoms with Crippen LogP contribution in [0.15, 0.2) is 6.33 Å². The molecule has 0 radical (unpaired) electrons. The number of piperidine rings is 1. The molecule has 7 heteroatoms. The maximum atomic E-state index is 11.9. The number of hydrogen-bond acceptors (Lipinski definition) is 4. The van der Waals surface area contributed by atoms with Crippen molar-refractivity contribution in [1.82, 2.24) is 20.2 Å². The van der Waals surface area contributed by atoms with Gasteiger partial charge in [0, 0.05) is 6.54 Å². The topological polar surface area (TPSA) is 98.3 Å². The number of rotatable bonds is 6. The lowest BCUT2D eigenvalue weighted by atomic mass is 9.99. The summed E-state index contributed by atoms with van der Waals surface area (Å²) < 4.78 is 0. The van der Waals surface area contributed by atoms with E-state index in [9.17, 15) is 9.59 Å². The number of imidazole rings is 1. The number of amides is 1. The van der Waals surface area contributed by atoms with Crippen molar-refractivity contribution >= 4 is 11.9 Å². The summed E-state index contributed by atoms with van der Waals surface area (Å²) >= 11 is 0. The van der Waals surface area contributed by atoms with Crippen LogP contribution in [-0.4, -0.2) is 58.0 Å². The molecule has 1 aliphatic rings. The molecule has 116 valence electrons. The van der Waals surface area contributed by atoms with E-state index in [-0.39, 0.29) is 11.4 Å². The van der Waals surface area contributed by atoms with Crippen LogP contribution in [0.3, 0.4) is 0 Å². The molecular formula is C14H22N4O3. The summed E-state index contributed by atoms with van der Waals surface area (Å²) in [5.41, 5.74) is -0.230. The van der Waals surface area contributed by atoms with Gasteiger partial charge in [0.1, 0.15) is 0 Å². The molecule has 3 N–H and O–H groups in total. The van der Waals surface area contributed by atoms with E-state index in [1.807, 2.05) is 0 Å². The molecule has 0 unspecified atom stereocenters. The predicted octanol–water partition coefficient (Wildman–Crippen LogP) is 0.960. The molecule has 1 aromatic heterocycles. The quantitative estimate of drug-likeness (QED) is 0.679. The smallest absolute Gasteiger partial charge is 0.354 e. The number of carboxylic acid groups (broad SMARTS) is 1. The van der Waals surface area contributed by atoms with Crippen molar-refractivity contribution in [2.45, 2.75) is 26.2 Å². The third-order valence-corrected chi connectivity index (χ3v) is 3.88. The first kappa shape index (κ1) is 15.5. The number of carbonyl (C=O) groups is 2. The zero-order valence-corrected chi connectivity index (χ0v) is 12.3. The first-order chi connectivity index (χ1) is 10.1. The summed E-state index contributed by atoms with van der Waals surface area (Å²) in [4.78, 5) is 31.4. The van der Waals surface area contributed by atoms with Crippen molar-refractivity contribution in [2.24, 2.45) is 5.92 Å². The highest BCUT2D eigenvalue weighted by atomic mass is 16.4. The molecule has 7 nitrogen and oxygen atoms in total. The molecule has 2 rings (SSSR count). The third-order valence-electron chi connectivity index (χ3n) is 3.88. The Hall–Kier alpha value is -1.89. The average molecular weight is 294 g/mol. The van der Waals surface area contributed by atoms with Crippen LogP contribution in [0.2, 0.25) is 0 Å². The molecule has 0 spiro atoms. The molecule has 1 amide bonds. The minimum atomic E-state index is -1.18. The molecule has 0 bridgehead atoms. The summed E-state index contributed by atoms with van der Waals surface area (Å²) in [6.45, 7) is 6.01. The van der Waals surface area contributed by atoms with Gasteiger partial charge in [0.05, 0.1) is 6.33 Å². The maximum Gasteiger partial charge on any atom is 0.354 e. The van der Waals surface area contributed by atoms with Gasteiger partial charge in [-0.15, -0.1) is 0 Å². The number of aromatic amines is 1. The van der Waals surface area contributed by atoms with Crippen LogP contribution in [0.25, 0.3) is 0 Å². The van der Waals surface area contributed by atoms with Crippen molar-refractivity contribution in [3.05, 3.63) is 17.7 Å². The van der Waals surface area contributed by atoms with Crippen LogP contribution in [0.1, 0.15) is 47.2 Å². The van der Waals surface area contributed by atoms with Crippen LogP contribution in [-0.2, 0) is 0 Å². The zero-order valence-electron chi connectivity index (χ0n) is 12.3. The summed E-state index contributed by atoms with van der Waals surface area (Å²) in [5, 5.41) is 11.6. The Balaban J connectivity index is 1.70. The van der Waals surface area contributed by atoms with Crippen molar-refractivity contribution in [2.75, 3.05) is 26.2 Å². The summed E-state index contributed by atoms with van der Waals surface area (Å²) in [6.07, 6.45) is 4.55. The standard InChI is InChI=1S/C14H22N4O3/c1-10-3-7-18(8-4-10)6-2-5-15-13(19)11-12(14(20)21)17-9-16-11/h9-10H,2-8H2,1H3,(H,15,19)(H,16,17)(H,20,21). The number of aromatic nitrogens is 2. The zero-order chi connectivity index (χ0) is 15.2. The summed E-state index contributed by atoms with van der Waals surface area (Å²) in [7, 11) is 0. The van der Waals surface area contributed by atoms with Gasteiger partial charge in [-0.1, -0.05) is 6.92 Å². The van der Waals surface area contributed by atoms with Crippen LogP contribution in [0, 0.1) is 5.92 Å². The van der Waals surface area contributed by atoms with Crippen LogP contribution in [0.5, 0.6) is 0 Å². The lowest BCUT2D eigenvalue weighted by Gasteiger charge is -2.30. The Labute approximate surface area is 123 Å². The number of aromatic carboxylic acids is 1. The minimum absolute atomic E-state index is 0.0608. The lowest BCUT2D eigenvalue weighted by molar-refractivity contribution is 0.0685. The fraction of sp³-hybridized carbons (Fsp3) is 0.643. The van der Waals surface area contributed by atoms with Crippen LogP contribution < -0.4 is 5.32 Å². The number of nitrogens with zero attached hydrogens (tertiary/aromatic N) is 2. The van der Waals surface area contributed by atoms with Gasteiger partial charge >= 0.3 is 5.97 Å². The number of H-pyrrole nitrogens is 1. The van der Waals surface area contributed by atoms with Gasteiger partial charge in [0.2, 0.25) is 0 Å². The molecule has 21 heavy (non-hydrogen) atoms. The molecule has 1 aromatic rings. The van der Waals surface area contributed by atoms with Crippen molar-refractivity contribution in [3.63, 3.8) is 0 Å². The number of likely N-dealkylation sites (tertiary alicyclic amines) is 1. The second kappa shape index (κ2) is 7.21. The Morgan fingerprint density at radius 2 is 2.19 bits per heavy atom. The maximum absolute atomic E-state index is 11.9. The molecule has 0 aliphatic carbocycles. The monoisotopic (exact) mass is 294 g/mol. The van der Waals surface area contributed by atoms with E-state index in [1.54, 1.807) is 0 Å². The predicted molar refractivity (Wildman–Crippen MR) is 77.3 cm³/mol. The van der Waals surface area contributed by atoms with Gasteiger partial charge in [-0.25, -0.2) is 9.78 Å². The van der Waals surface area contributed by atoms with Gasteiger partial charge in [0.25, 0.3) is 5.91 Å². The van der Waals surface area contributed by atoms with Gasteiger partial charge < -0.3 is 20.3 Å². The van der Waals surface area contributed by atoms with Gasteiger partial charge in [-0.05, 0) is 44.8 Å². The second-order valence-corrected chi connectivity index (χ2v) is 5.56. The first-order valence-electron chi connectivity index (χ1n) is 7.35. The van der Waals surface area contributed by atoms with Crippen molar-refractivity contribution < 1.29 is 14.7 Å². The van der Waals surface area contributed by atoms with E-state index in [1.165, 1.54) is 19.2 Å². The fourth-order valence-corrected chi connectivity index (χ4v) is 2.50. The molecular weight excluding hydrogens is 272 g/mol. The highest BCUT2D eigenvalue weighted by molar-refractivity contribution is 6.02. The third kappa shape index (κ3) is 4.29. The molecule has 1 fully saturated rings. The lowest BCUT2D eigenvalue weighted by Crippen LogP contribution is -2.35. The number of hydrogen-bond donors (Lipinski definition) is 3. The Morgan fingerprint density at radius 1 is 1.48 bits per heavy atom.